The van der Waals surface area contributed by atoms with E-state index < -0.39 is 0 Å². The van der Waals surface area contributed by atoms with Crippen LogP contribution in [0.1, 0.15) is 19.4 Å². The molecule has 13 heavy (non-hydrogen) atoms. The van der Waals surface area contributed by atoms with Gasteiger partial charge in [0.1, 0.15) is 0 Å². The molecule has 0 fully saturated rings. The van der Waals surface area contributed by atoms with Gasteiger partial charge in [0.2, 0.25) is 0 Å². The fourth-order valence-electron chi connectivity index (χ4n) is 1.44. The number of thiophene rings is 1. The van der Waals surface area contributed by atoms with E-state index in [0.717, 1.165) is 0 Å². The molecule has 0 N–H and O–H groups in total. The van der Waals surface area contributed by atoms with E-state index in [1.165, 1.54) is 15.6 Å². The molecule has 0 nitrogen and oxygen atoms in total. The Morgan fingerprint density at radius 2 is 1.92 bits per heavy atom. The molecule has 0 bridgehead atoms. The van der Waals surface area contributed by atoms with Gasteiger partial charge in [0.25, 0.3) is 0 Å². The van der Waals surface area contributed by atoms with Crippen LogP contribution in [0, 0.1) is 0 Å². The SMILES string of the molecule is CC(C)(I)c1csc2ccccc12. The van der Waals surface area contributed by atoms with Crippen molar-refractivity contribution in [1.29, 1.82) is 0 Å². The maximum Gasteiger partial charge on any atom is 0.0428 e. The second kappa shape index (κ2) is 3.24. The summed E-state index contributed by atoms with van der Waals surface area (Å²) in [6.07, 6.45) is 0. The zero-order chi connectivity index (χ0) is 9.47. The van der Waals surface area contributed by atoms with Gasteiger partial charge in [-0.05, 0) is 36.2 Å². The molecule has 0 aliphatic carbocycles. The van der Waals surface area contributed by atoms with Gasteiger partial charge in [-0.25, -0.2) is 0 Å². The molecular weight excluding hydrogens is 291 g/mol. The van der Waals surface area contributed by atoms with Crippen LogP contribution < -0.4 is 0 Å². The summed E-state index contributed by atoms with van der Waals surface area (Å²) in [6, 6.07) is 8.61. The van der Waals surface area contributed by atoms with Crippen LogP contribution in [0.15, 0.2) is 29.6 Å². The second-order valence-electron chi connectivity index (χ2n) is 3.62. The molecule has 0 aliphatic heterocycles. The van der Waals surface area contributed by atoms with Crippen LogP contribution in [0.2, 0.25) is 0 Å². The summed E-state index contributed by atoms with van der Waals surface area (Å²) < 4.78 is 1.62. The van der Waals surface area contributed by atoms with Crippen LogP contribution in [-0.4, -0.2) is 0 Å². The predicted molar refractivity (Wildman–Crippen MR) is 68.9 cm³/mol. The minimum absolute atomic E-state index is 0.233. The minimum atomic E-state index is 0.233. The number of hydrogen-bond acceptors (Lipinski definition) is 1. The molecule has 68 valence electrons. The molecule has 0 saturated carbocycles. The van der Waals surface area contributed by atoms with Gasteiger partial charge < -0.3 is 0 Å². The number of hydrogen-bond donors (Lipinski definition) is 0. The lowest BCUT2D eigenvalue weighted by atomic mass is 10.0. The van der Waals surface area contributed by atoms with Gasteiger partial charge in [0.15, 0.2) is 0 Å². The van der Waals surface area contributed by atoms with Crippen LogP contribution in [0.3, 0.4) is 0 Å². The van der Waals surface area contributed by atoms with Crippen LogP contribution in [0.4, 0.5) is 0 Å². The minimum Gasteiger partial charge on any atom is -0.143 e. The Bertz CT molecular complexity index is 423. The molecule has 2 aromatic rings. The molecule has 0 unspecified atom stereocenters. The molecular formula is C11H11IS. The Labute approximate surface area is 96.1 Å². The molecule has 0 atom stereocenters. The number of fused-ring (bicyclic) bond motifs is 1. The van der Waals surface area contributed by atoms with Crippen molar-refractivity contribution in [2.24, 2.45) is 0 Å². The zero-order valence-electron chi connectivity index (χ0n) is 7.67. The Balaban J connectivity index is 2.72. The van der Waals surface area contributed by atoms with Crippen molar-refractivity contribution in [3.8, 4) is 0 Å². The predicted octanol–water partition coefficient (Wildman–Crippen LogP) is 4.57. The summed E-state index contributed by atoms with van der Waals surface area (Å²) in [5.41, 5.74) is 1.45. The molecule has 0 radical (unpaired) electrons. The highest BCUT2D eigenvalue weighted by atomic mass is 127. The number of halogens is 1. The normalized spacial score (nSPS) is 12.2. The number of rotatable bonds is 1. The number of benzene rings is 1. The molecule has 2 rings (SSSR count). The molecule has 1 heterocycles. The van der Waals surface area contributed by atoms with Crippen LogP contribution >= 0.6 is 33.9 Å². The average Bonchev–Trinajstić information content (AvgIpc) is 2.45. The molecule has 1 aromatic carbocycles. The van der Waals surface area contributed by atoms with Gasteiger partial charge in [0.05, 0.1) is 0 Å². The summed E-state index contributed by atoms with van der Waals surface area (Å²) in [6.45, 7) is 4.50. The highest BCUT2D eigenvalue weighted by Gasteiger charge is 2.19. The fraction of sp³-hybridized carbons (Fsp3) is 0.273. The van der Waals surface area contributed by atoms with E-state index in [2.05, 4.69) is 66.1 Å². The van der Waals surface area contributed by atoms with Gasteiger partial charge >= 0.3 is 0 Å². The second-order valence-corrected chi connectivity index (χ2v) is 7.23. The van der Waals surface area contributed by atoms with Crippen molar-refractivity contribution in [2.45, 2.75) is 17.3 Å². The van der Waals surface area contributed by atoms with E-state index in [9.17, 15) is 0 Å². The third-order valence-corrected chi connectivity index (χ3v) is 3.67. The van der Waals surface area contributed by atoms with Crippen molar-refractivity contribution in [2.75, 3.05) is 0 Å². The van der Waals surface area contributed by atoms with Gasteiger partial charge in [-0.3, -0.25) is 0 Å². The Hall–Kier alpha value is -0.0900. The maximum atomic E-state index is 2.49. The summed E-state index contributed by atoms with van der Waals surface area (Å²) >= 11 is 4.33. The lowest BCUT2D eigenvalue weighted by Crippen LogP contribution is -2.04. The van der Waals surface area contributed by atoms with Crippen LogP contribution in [0.25, 0.3) is 10.1 Å². The molecule has 2 heteroatoms. The van der Waals surface area contributed by atoms with Crippen molar-refractivity contribution >= 4 is 44.0 Å². The van der Waals surface area contributed by atoms with E-state index in [4.69, 9.17) is 0 Å². The van der Waals surface area contributed by atoms with Crippen molar-refractivity contribution in [3.63, 3.8) is 0 Å². The Kier molecular flexibility index (Phi) is 2.36. The quantitative estimate of drug-likeness (QED) is 0.534. The molecule has 0 amide bonds. The summed E-state index contributed by atoms with van der Waals surface area (Å²) in [5.74, 6) is 0. The summed E-state index contributed by atoms with van der Waals surface area (Å²) in [5, 5.41) is 3.68. The highest BCUT2D eigenvalue weighted by Crippen LogP contribution is 2.38. The first-order valence-corrected chi connectivity index (χ1v) is 6.20. The monoisotopic (exact) mass is 302 g/mol. The number of alkyl halides is 1. The smallest absolute Gasteiger partial charge is 0.0428 e. The van der Waals surface area contributed by atoms with Gasteiger partial charge in [-0.15, -0.1) is 11.3 Å². The summed E-state index contributed by atoms with van der Waals surface area (Å²) in [7, 11) is 0. The average molecular weight is 302 g/mol. The zero-order valence-corrected chi connectivity index (χ0v) is 10.6. The third kappa shape index (κ3) is 1.74. The largest absolute Gasteiger partial charge is 0.143 e. The fourth-order valence-corrected chi connectivity index (χ4v) is 3.22. The van der Waals surface area contributed by atoms with E-state index in [1.807, 2.05) is 11.3 Å². The van der Waals surface area contributed by atoms with Crippen molar-refractivity contribution < 1.29 is 0 Å². The maximum absolute atomic E-state index is 2.49. The standard InChI is InChI=1S/C11H11IS/c1-11(2,12)9-7-13-10-6-4-3-5-8(9)10/h3-7H,1-2H3. The van der Waals surface area contributed by atoms with E-state index in [1.54, 1.807) is 0 Å². The topological polar surface area (TPSA) is 0 Å². The first kappa shape index (κ1) is 9.46. The van der Waals surface area contributed by atoms with Crippen LogP contribution in [-0.2, 0) is 3.42 Å². The van der Waals surface area contributed by atoms with Crippen molar-refractivity contribution in [1.82, 2.24) is 0 Å². The van der Waals surface area contributed by atoms with E-state index >= 15 is 0 Å². The first-order chi connectivity index (χ1) is 6.09. The molecule has 0 spiro atoms. The van der Waals surface area contributed by atoms with Crippen molar-refractivity contribution in [3.05, 3.63) is 35.2 Å². The Morgan fingerprint density at radius 1 is 1.23 bits per heavy atom. The molecule has 0 aliphatic rings. The van der Waals surface area contributed by atoms with Gasteiger partial charge in [0, 0.05) is 8.12 Å². The highest BCUT2D eigenvalue weighted by molar-refractivity contribution is 14.1. The van der Waals surface area contributed by atoms with Gasteiger partial charge in [-0.2, -0.15) is 0 Å². The van der Waals surface area contributed by atoms with Gasteiger partial charge in [-0.1, -0.05) is 40.8 Å². The molecule has 1 aromatic heterocycles. The Morgan fingerprint density at radius 3 is 2.62 bits per heavy atom. The molecule has 0 saturated heterocycles. The lowest BCUT2D eigenvalue weighted by molar-refractivity contribution is 0.840. The third-order valence-electron chi connectivity index (χ3n) is 2.12. The van der Waals surface area contributed by atoms with E-state index in [0.29, 0.717) is 0 Å². The van der Waals surface area contributed by atoms with E-state index in [-0.39, 0.29) is 3.42 Å². The van der Waals surface area contributed by atoms with Crippen LogP contribution in [0.5, 0.6) is 0 Å². The first-order valence-electron chi connectivity index (χ1n) is 4.24. The lowest BCUT2D eigenvalue weighted by Gasteiger charge is -2.15. The summed E-state index contributed by atoms with van der Waals surface area (Å²) in [4.78, 5) is 0.